The molecule has 2 aliphatic rings. The van der Waals surface area contributed by atoms with Gasteiger partial charge >= 0.3 is 0 Å². The fourth-order valence-electron chi connectivity index (χ4n) is 3.58. The summed E-state index contributed by atoms with van der Waals surface area (Å²) in [5.41, 5.74) is 0.645. The summed E-state index contributed by atoms with van der Waals surface area (Å²) in [6, 6.07) is 3.92. The summed E-state index contributed by atoms with van der Waals surface area (Å²) in [4.78, 5) is 12.8. The minimum atomic E-state index is -3.50. The number of aliphatic hydroxyl groups is 1. The number of amides is 1. The molecular weight excluding hydrogens is 425 g/mol. The van der Waals surface area contributed by atoms with Crippen molar-refractivity contribution in [2.24, 2.45) is 5.92 Å². The summed E-state index contributed by atoms with van der Waals surface area (Å²) in [5, 5.41) is 12.0. The summed E-state index contributed by atoms with van der Waals surface area (Å²) < 4.78 is 47.0. The van der Waals surface area contributed by atoms with Gasteiger partial charge < -0.3 is 15.2 Å². The standard InChI is InChI=1S/C21H32FN3O5S/c1-15(17-7-8-18(22)19(13-17)30-11-9-16-5-6-16)24-31(28,29)12-4-2-3-10-25-14-20(26)23-21(25)27/h7-8,13,15-16,21,24,27H,2-6,9-12,14H2,1H3,(H,23,26)/t15-,21?/m1/s1. The second-order valence-electron chi connectivity index (χ2n) is 8.40. The van der Waals surface area contributed by atoms with Crippen LogP contribution in [0.4, 0.5) is 4.39 Å². The molecule has 1 saturated carbocycles. The number of sulfonamides is 1. The second-order valence-corrected chi connectivity index (χ2v) is 10.3. The maximum atomic E-state index is 14.0. The maximum Gasteiger partial charge on any atom is 0.237 e. The molecule has 0 radical (unpaired) electrons. The number of benzene rings is 1. The van der Waals surface area contributed by atoms with E-state index in [1.54, 1.807) is 24.0 Å². The minimum absolute atomic E-state index is 0.0248. The maximum absolute atomic E-state index is 14.0. The largest absolute Gasteiger partial charge is 0.490 e. The van der Waals surface area contributed by atoms with E-state index in [0.29, 0.717) is 43.9 Å². The van der Waals surface area contributed by atoms with E-state index >= 15 is 0 Å². The summed E-state index contributed by atoms with van der Waals surface area (Å²) in [7, 11) is -3.50. The van der Waals surface area contributed by atoms with Gasteiger partial charge in [0.1, 0.15) is 0 Å². The third-order valence-corrected chi connectivity index (χ3v) is 7.17. The summed E-state index contributed by atoms with van der Waals surface area (Å²) in [5.74, 6) is 0.154. The smallest absolute Gasteiger partial charge is 0.237 e. The lowest BCUT2D eigenvalue weighted by Gasteiger charge is -2.18. The van der Waals surface area contributed by atoms with Crippen molar-refractivity contribution in [2.45, 2.75) is 57.8 Å². The molecule has 0 aromatic heterocycles. The number of aliphatic hydroxyl groups excluding tert-OH is 1. The molecule has 1 aromatic rings. The molecule has 0 spiro atoms. The Kier molecular flexibility index (Phi) is 8.26. The van der Waals surface area contributed by atoms with Gasteiger partial charge in [0.25, 0.3) is 0 Å². The first kappa shape index (κ1) is 23.9. The van der Waals surface area contributed by atoms with Crippen LogP contribution in [-0.2, 0) is 14.8 Å². The molecule has 1 aromatic carbocycles. The van der Waals surface area contributed by atoms with Crippen LogP contribution < -0.4 is 14.8 Å². The number of hydrogen-bond acceptors (Lipinski definition) is 6. The second kappa shape index (κ2) is 10.7. The van der Waals surface area contributed by atoms with Crippen LogP contribution in [0.3, 0.4) is 0 Å². The summed E-state index contributed by atoms with van der Waals surface area (Å²) in [6.07, 6.45) is 4.17. The Labute approximate surface area is 183 Å². The Balaban J connectivity index is 1.40. The van der Waals surface area contributed by atoms with Crippen molar-refractivity contribution in [3.05, 3.63) is 29.6 Å². The van der Waals surface area contributed by atoms with Crippen molar-refractivity contribution in [3.63, 3.8) is 0 Å². The number of nitrogens with one attached hydrogen (secondary N) is 2. The van der Waals surface area contributed by atoms with Crippen LogP contribution in [0.25, 0.3) is 0 Å². The predicted molar refractivity (Wildman–Crippen MR) is 114 cm³/mol. The molecule has 2 fully saturated rings. The normalized spacial score (nSPS) is 20.6. The number of unbranched alkanes of at least 4 members (excludes halogenated alkanes) is 2. The topological polar surface area (TPSA) is 108 Å². The lowest BCUT2D eigenvalue weighted by molar-refractivity contribution is -0.119. The zero-order valence-corrected chi connectivity index (χ0v) is 18.7. The number of ether oxygens (including phenoxy) is 1. The van der Waals surface area contributed by atoms with Crippen LogP contribution in [0.5, 0.6) is 5.75 Å². The van der Waals surface area contributed by atoms with E-state index in [9.17, 15) is 22.7 Å². The monoisotopic (exact) mass is 457 g/mol. The van der Waals surface area contributed by atoms with Crippen LogP contribution >= 0.6 is 0 Å². The van der Waals surface area contributed by atoms with Crippen LogP contribution in [0.1, 0.15) is 57.1 Å². The Hall–Kier alpha value is -1.75. The minimum Gasteiger partial charge on any atom is -0.490 e. The van der Waals surface area contributed by atoms with E-state index < -0.39 is 28.2 Å². The average molecular weight is 458 g/mol. The van der Waals surface area contributed by atoms with Crippen molar-refractivity contribution in [2.75, 3.05) is 25.4 Å². The molecule has 174 valence electrons. The third kappa shape index (κ3) is 7.71. The quantitative estimate of drug-likeness (QED) is 0.390. The first-order chi connectivity index (χ1) is 14.7. The highest BCUT2D eigenvalue weighted by molar-refractivity contribution is 7.89. The molecule has 2 atom stereocenters. The van der Waals surface area contributed by atoms with E-state index in [2.05, 4.69) is 10.0 Å². The number of halogens is 1. The third-order valence-electron chi connectivity index (χ3n) is 5.63. The van der Waals surface area contributed by atoms with Crippen molar-refractivity contribution in [1.29, 1.82) is 0 Å². The zero-order valence-electron chi connectivity index (χ0n) is 17.8. The van der Waals surface area contributed by atoms with Gasteiger partial charge in [-0.25, -0.2) is 17.5 Å². The van der Waals surface area contributed by atoms with Crippen molar-refractivity contribution in [1.82, 2.24) is 14.9 Å². The molecule has 0 bridgehead atoms. The molecule has 8 nitrogen and oxygen atoms in total. The van der Waals surface area contributed by atoms with E-state index in [0.717, 1.165) is 6.42 Å². The van der Waals surface area contributed by atoms with E-state index in [1.165, 1.54) is 18.9 Å². The molecule has 1 amide bonds. The van der Waals surface area contributed by atoms with Crippen molar-refractivity contribution in [3.8, 4) is 5.75 Å². The van der Waals surface area contributed by atoms with Gasteiger partial charge in [0, 0.05) is 12.6 Å². The Morgan fingerprint density at radius 2 is 2.10 bits per heavy atom. The number of carbonyl (C=O) groups is 1. The van der Waals surface area contributed by atoms with E-state index in [4.69, 9.17) is 4.74 Å². The fourth-order valence-corrected chi connectivity index (χ4v) is 4.95. The molecule has 1 saturated heterocycles. The van der Waals surface area contributed by atoms with Crippen molar-refractivity contribution >= 4 is 15.9 Å². The van der Waals surface area contributed by atoms with Gasteiger partial charge in [0.15, 0.2) is 17.9 Å². The highest BCUT2D eigenvalue weighted by atomic mass is 32.2. The van der Waals surface area contributed by atoms with Crippen LogP contribution in [0.15, 0.2) is 18.2 Å². The van der Waals surface area contributed by atoms with E-state index in [1.807, 2.05) is 0 Å². The van der Waals surface area contributed by atoms with Gasteiger partial charge in [-0.3, -0.25) is 9.69 Å². The molecule has 3 rings (SSSR count). The van der Waals surface area contributed by atoms with Crippen molar-refractivity contribution < 1.29 is 27.4 Å². The predicted octanol–water partition coefficient (Wildman–Crippen LogP) is 1.86. The molecule has 1 aliphatic heterocycles. The Bertz CT molecular complexity index is 863. The molecule has 10 heteroatoms. The Morgan fingerprint density at radius 3 is 2.77 bits per heavy atom. The van der Waals surface area contributed by atoms with Gasteiger partial charge in [-0.05, 0) is 49.8 Å². The lowest BCUT2D eigenvalue weighted by atomic mass is 10.1. The highest BCUT2D eigenvalue weighted by Crippen LogP contribution is 2.32. The summed E-state index contributed by atoms with van der Waals surface area (Å²) >= 11 is 0. The number of nitrogens with zero attached hydrogens (tertiary/aromatic N) is 1. The van der Waals surface area contributed by atoms with Crippen LogP contribution in [-0.4, -0.2) is 56.1 Å². The van der Waals surface area contributed by atoms with Gasteiger partial charge in [0.2, 0.25) is 15.9 Å². The fraction of sp³-hybridized carbons (Fsp3) is 0.667. The van der Waals surface area contributed by atoms with Gasteiger partial charge in [-0.2, -0.15) is 0 Å². The summed E-state index contributed by atoms with van der Waals surface area (Å²) in [6.45, 7) is 2.85. The van der Waals surface area contributed by atoms with Gasteiger partial charge in [-0.1, -0.05) is 25.3 Å². The first-order valence-corrected chi connectivity index (χ1v) is 12.5. The molecular formula is C21H32FN3O5S. The average Bonchev–Trinajstić information content (AvgIpc) is 3.46. The van der Waals surface area contributed by atoms with Gasteiger partial charge in [0.05, 0.1) is 18.9 Å². The molecule has 1 heterocycles. The SMILES string of the molecule is C[C@@H](NS(=O)(=O)CCCCCN1CC(=O)NC1O)c1ccc(F)c(OCCC2CC2)c1. The molecule has 1 unspecified atom stereocenters. The molecule has 3 N–H and O–H groups in total. The number of carbonyl (C=O) groups excluding carboxylic acids is 1. The molecule has 1 aliphatic carbocycles. The number of hydrogen-bond donors (Lipinski definition) is 3. The molecule has 31 heavy (non-hydrogen) atoms. The van der Waals surface area contributed by atoms with Crippen LogP contribution in [0, 0.1) is 11.7 Å². The number of rotatable bonds is 13. The van der Waals surface area contributed by atoms with Crippen LogP contribution in [0.2, 0.25) is 0 Å². The van der Waals surface area contributed by atoms with E-state index in [-0.39, 0.29) is 24.0 Å². The van der Waals surface area contributed by atoms with Gasteiger partial charge in [-0.15, -0.1) is 0 Å². The first-order valence-electron chi connectivity index (χ1n) is 10.9. The zero-order chi connectivity index (χ0) is 22.4. The lowest BCUT2D eigenvalue weighted by Crippen LogP contribution is -2.36. The highest BCUT2D eigenvalue weighted by Gasteiger charge is 2.27. The Morgan fingerprint density at radius 1 is 1.32 bits per heavy atom.